The Bertz CT molecular complexity index is 1290. The predicted molar refractivity (Wildman–Crippen MR) is 175 cm³/mol. The van der Waals surface area contributed by atoms with E-state index in [1.807, 2.05) is 0 Å². The first-order chi connectivity index (χ1) is 17.5. The van der Waals surface area contributed by atoms with E-state index in [0.29, 0.717) is 29.2 Å². The SMILES string of the molecule is Cc1ccnc(NS(=O)(=O)c2ccc(Nc3nc(N4CCCCC4)nc(N4CCCCC4)n3)cc2)n1.Cl.N.N.N.N.[HH].[HH].[HH].[HH]. The van der Waals surface area contributed by atoms with Crippen LogP contribution >= 0.6 is 12.4 Å². The lowest BCUT2D eigenvalue weighted by Crippen LogP contribution is -2.34. The second kappa shape index (κ2) is 16.8. The van der Waals surface area contributed by atoms with Crippen molar-refractivity contribution in [1.82, 2.24) is 49.5 Å². The Labute approximate surface area is 254 Å². The van der Waals surface area contributed by atoms with E-state index >= 15 is 0 Å². The largest absolute Gasteiger partial charge is 0.344 e. The number of nitrogens with one attached hydrogen (secondary N) is 2. The highest BCUT2D eigenvalue weighted by molar-refractivity contribution is 7.92. The van der Waals surface area contributed by atoms with E-state index in [9.17, 15) is 8.42 Å². The first kappa shape index (κ1) is 37.6. The third-order valence-corrected chi connectivity index (χ3v) is 7.67. The average molecular weight is 622 g/mol. The highest BCUT2D eigenvalue weighted by Gasteiger charge is 2.21. The van der Waals surface area contributed by atoms with Crippen LogP contribution in [0, 0.1) is 6.92 Å². The van der Waals surface area contributed by atoms with Crippen molar-refractivity contribution in [3.8, 4) is 0 Å². The van der Waals surface area contributed by atoms with Gasteiger partial charge < -0.3 is 39.7 Å². The van der Waals surface area contributed by atoms with Crippen LogP contribution in [0.15, 0.2) is 41.4 Å². The number of anilines is 5. The number of nitrogens with zero attached hydrogens (tertiary/aromatic N) is 7. The van der Waals surface area contributed by atoms with E-state index in [1.165, 1.54) is 31.2 Å². The Hall–Kier alpha value is -3.41. The van der Waals surface area contributed by atoms with Crippen LogP contribution in [0.5, 0.6) is 0 Å². The Kier molecular flexibility index (Phi) is 15.4. The third kappa shape index (κ3) is 9.58. The van der Waals surface area contributed by atoms with Gasteiger partial charge in [-0.1, -0.05) is 0 Å². The molecule has 0 amide bonds. The highest BCUT2D eigenvalue weighted by Crippen LogP contribution is 2.25. The van der Waals surface area contributed by atoms with Crippen molar-refractivity contribution in [1.29, 1.82) is 0 Å². The molecule has 2 aromatic heterocycles. The second-order valence-electron chi connectivity index (χ2n) is 9.13. The van der Waals surface area contributed by atoms with E-state index in [2.05, 4.69) is 29.8 Å². The zero-order chi connectivity index (χ0) is 25.0. The van der Waals surface area contributed by atoms with Crippen molar-refractivity contribution in [2.24, 2.45) is 0 Å². The van der Waals surface area contributed by atoms with Gasteiger partial charge in [-0.05, 0) is 75.8 Å². The van der Waals surface area contributed by atoms with Gasteiger partial charge in [0.05, 0.1) is 4.90 Å². The number of halogens is 1. The monoisotopic (exact) mass is 621 g/mol. The molecule has 2 aliphatic rings. The number of rotatable bonds is 7. The highest BCUT2D eigenvalue weighted by atomic mass is 35.5. The first-order valence-electron chi connectivity index (χ1n) is 12.4. The zero-order valence-electron chi connectivity index (χ0n) is 23.6. The Balaban J connectivity index is -0.000000593. The van der Waals surface area contributed by atoms with Gasteiger partial charge in [-0.15, -0.1) is 12.4 Å². The summed E-state index contributed by atoms with van der Waals surface area (Å²) in [5.41, 5.74) is 1.36. The number of aryl methyl sites for hydroxylation is 1. The van der Waals surface area contributed by atoms with Gasteiger partial charge in [-0.25, -0.2) is 23.1 Å². The van der Waals surface area contributed by atoms with E-state index in [0.717, 1.165) is 51.9 Å². The maximum absolute atomic E-state index is 12.8. The van der Waals surface area contributed by atoms with Crippen molar-refractivity contribution in [3.05, 3.63) is 42.2 Å². The minimum absolute atomic E-state index is 0. The van der Waals surface area contributed by atoms with Gasteiger partial charge in [0.25, 0.3) is 10.0 Å². The van der Waals surface area contributed by atoms with Crippen LogP contribution < -0.4 is 44.4 Å². The molecule has 0 atom stereocenters. The zero-order valence-corrected chi connectivity index (χ0v) is 25.3. The summed E-state index contributed by atoms with van der Waals surface area (Å²) in [4.78, 5) is 26.8. The smallest absolute Gasteiger partial charge is 0.264 e. The predicted octanol–water partition coefficient (Wildman–Crippen LogP) is 5.55. The molecule has 0 saturated carbocycles. The fourth-order valence-electron chi connectivity index (χ4n) is 4.40. The van der Waals surface area contributed by atoms with Crippen LogP contribution in [0.2, 0.25) is 0 Å². The molecule has 41 heavy (non-hydrogen) atoms. The average Bonchev–Trinajstić information content (AvgIpc) is 2.90. The minimum Gasteiger partial charge on any atom is -0.344 e. The lowest BCUT2D eigenvalue weighted by Gasteiger charge is -2.30. The minimum atomic E-state index is -3.82. The summed E-state index contributed by atoms with van der Waals surface area (Å²) in [6.07, 6.45) is 8.49. The Morgan fingerprint density at radius 3 is 1.71 bits per heavy atom. The maximum Gasteiger partial charge on any atom is 0.264 e. The molecule has 2 fully saturated rings. The number of piperidine rings is 2. The van der Waals surface area contributed by atoms with Crippen LogP contribution in [-0.2, 0) is 10.0 Å². The lowest BCUT2D eigenvalue weighted by molar-refractivity contribution is 0.556. The molecule has 0 aliphatic carbocycles. The van der Waals surface area contributed by atoms with Crippen molar-refractivity contribution in [3.63, 3.8) is 0 Å². The molecule has 0 radical (unpaired) electrons. The molecule has 1 aromatic carbocycles. The molecular formula is C24H52ClN13O2S. The molecule has 3 aromatic rings. The summed E-state index contributed by atoms with van der Waals surface area (Å²) < 4.78 is 28.0. The Morgan fingerprint density at radius 2 is 1.22 bits per heavy atom. The standard InChI is InChI=1S/C24H31N9O2S.ClH.4H3N.4H2/c1-18-12-13-25-21(26-18)31-36(34,35)20-10-8-19(9-11-20)27-22-28-23(32-14-4-2-5-15-32)30-24(29-22)33-16-6-3-7-17-33;;;;;;;;;/h8-13H,2-7,14-17H2,1H3,(H,25,26,31)(H,27,28,29,30);1H;4*1H3;4*1H. The Morgan fingerprint density at radius 1 is 0.707 bits per heavy atom. The molecular weight excluding hydrogens is 570 g/mol. The van der Waals surface area contributed by atoms with Gasteiger partial charge in [-0.2, -0.15) is 15.0 Å². The fourth-order valence-corrected chi connectivity index (χ4v) is 5.36. The molecule has 17 heteroatoms. The van der Waals surface area contributed by atoms with E-state index < -0.39 is 10.0 Å². The molecule has 2 aliphatic heterocycles. The topological polar surface area (TPSA) is 269 Å². The van der Waals surface area contributed by atoms with E-state index in [-0.39, 0.29) is 53.6 Å². The van der Waals surface area contributed by atoms with Gasteiger partial charge >= 0.3 is 0 Å². The molecule has 0 bridgehead atoms. The number of sulfonamides is 1. The van der Waals surface area contributed by atoms with E-state index in [4.69, 9.17) is 15.0 Å². The molecule has 4 heterocycles. The normalized spacial score (nSPS) is 14.6. The van der Waals surface area contributed by atoms with Crippen LogP contribution in [0.25, 0.3) is 0 Å². The summed E-state index contributed by atoms with van der Waals surface area (Å²) in [6, 6.07) is 8.14. The van der Waals surface area contributed by atoms with Gasteiger partial charge in [-0.3, -0.25) is 0 Å². The van der Waals surface area contributed by atoms with Crippen LogP contribution in [0.4, 0.5) is 29.5 Å². The van der Waals surface area contributed by atoms with Crippen molar-refractivity contribution in [2.45, 2.75) is 50.3 Å². The lowest BCUT2D eigenvalue weighted by atomic mass is 10.1. The molecule has 2 saturated heterocycles. The summed E-state index contributed by atoms with van der Waals surface area (Å²) in [5, 5.41) is 3.24. The first-order valence-corrected chi connectivity index (χ1v) is 13.9. The summed E-state index contributed by atoms with van der Waals surface area (Å²) >= 11 is 0. The number of benzene rings is 1. The van der Waals surface area contributed by atoms with Gasteiger partial charge in [0.2, 0.25) is 23.8 Å². The second-order valence-corrected chi connectivity index (χ2v) is 10.8. The fraction of sp³-hybridized carbons (Fsp3) is 0.458. The molecule has 5 rings (SSSR count). The third-order valence-electron chi connectivity index (χ3n) is 6.33. The van der Waals surface area contributed by atoms with Gasteiger partial charge in [0, 0.05) is 49.5 Å². The van der Waals surface area contributed by atoms with Gasteiger partial charge in [0.15, 0.2) is 0 Å². The van der Waals surface area contributed by atoms with Crippen LogP contribution in [0.3, 0.4) is 0 Å². The molecule has 14 N–H and O–H groups in total. The van der Waals surface area contributed by atoms with Crippen molar-refractivity contribution < 1.29 is 14.1 Å². The van der Waals surface area contributed by atoms with Crippen molar-refractivity contribution in [2.75, 3.05) is 46.0 Å². The van der Waals surface area contributed by atoms with Gasteiger partial charge in [0.1, 0.15) is 0 Å². The number of hydrogen-bond acceptors (Lipinski definition) is 14. The number of aromatic nitrogens is 5. The summed E-state index contributed by atoms with van der Waals surface area (Å²) in [7, 11) is -3.82. The van der Waals surface area contributed by atoms with E-state index in [1.54, 1.807) is 25.1 Å². The molecule has 238 valence electrons. The van der Waals surface area contributed by atoms with Crippen LogP contribution in [-0.4, -0.2) is 59.5 Å². The quantitative estimate of drug-likeness (QED) is 0.189. The molecule has 0 spiro atoms. The summed E-state index contributed by atoms with van der Waals surface area (Å²) in [6.45, 7) is 5.52. The summed E-state index contributed by atoms with van der Waals surface area (Å²) in [5.74, 6) is 1.87. The van der Waals surface area contributed by atoms with Crippen molar-refractivity contribution >= 4 is 51.9 Å². The number of hydrogen-bond donors (Lipinski definition) is 6. The molecule has 15 nitrogen and oxygen atoms in total. The van der Waals surface area contributed by atoms with Crippen LogP contribution in [0.1, 0.15) is 49.9 Å². The molecule has 0 unspecified atom stereocenters. The maximum atomic E-state index is 12.8.